The molecule has 10 aromatic carbocycles. The lowest BCUT2D eigenvalue weighted by atomic mass is 9.67. The van der Waals surface area contributed by atoms with Gasteiger partial charge in [0.15, 0.2) is 0 Å². The molecule has 0 saturated carbocycles. The second kappa shape index (κ2) is 17.3. The maximum Gasteiger partial charge on any atom is 0.0725 e. The van der Waals surface area contributed by atoms with Gasteiger partial charge in [0.05, 0.1) is 5.41 Å². The molecule has 366 valence electrons. The second-order valence-corrected chi connectivity index (χ2v) is 24.3. The van der Waals surface area contributed by atoms with E-state index in [0.717, 1.165) is 23.5 Å². The van der Waals surface area contributed by atoms with E-state index in [9.17, 15) is 0 Å². The normalized spacial score (nSPS) is 15.9. The molecule has 0 radical (unpaired) electrons. The molecule has 13 rings (SSSR count). The first-order valence-electron chi connectivity index (χ1n) is 27.1. The number of nitrogens with zero attached hydrogens (tertiary/aromatic N) is 1. The molecule has 0 bridgehead atoms. The highest BCUT2D eigenvalue weighted by atomic mass is 15.1. The Hall–Kier alpha value is -8.00. The van der Waals surface area contributed by atoms with Crippen molar-refractivity contribution >= 4 is 17.1 Å². The average Bonchev–Trinajstić information content (AvgIpc) is 3.98. The number of fused-ring (bicyclic) bond motifs is 13. The number of hydrogen-bond donors (Lipinski definition) is 0. The molecule has 1 spiro atoms. The molecule has 3 aliphatic carbocycles. The Labute approximate surface area is 445 Å². The van der Waals surface area contributed by atoms with Gasteiger partial charge < -0.3 is 4.90 Å². The van der Waals surface area contributed by atoms with E-state index in [1.165, 1.54) is 106 Å². The van der Waals surface area contributed by atoms with Gasteiger partial charge in [-0.05, 0) is 177 Å². The molecular formula is C74H65N. The number of benzene rings is 10. The van der Waals surface area contributed by atoms with Crippen molar-refractivity contribution in [1.82, 2.24) is 0 Å². The van der Waals surface area contributed by atoms with E-state index in [4.69, 9.17) is 0 Å². The first kappa shape index (κ1) is 46.8. The lowest BCUT2D eigenvalue weighted by Gasteiger charge is -2.37. The Morgan fingerprint density at radius 2 is 0.773 bits per heavy atom. The molecule has 1 heteroatoms. The van der Waals surface area contributed by atoms with Crippen molar-refractivity contribution in [3.05, 3.63) is 269 Å². The number of anilines is 3. The van der Waals surface area contributed by atoms with Gasteiger partial charge in [-0.15, -0.1) is 0 Å². The van der Waals surface area contributed by atoms with Crippen LogP contribution in [0.5, 0.6) is 0 Å². The molecule has 0 saturated heterocycles. The molecule has 10 aromatic rings. The van der Waals surface area contributed by atoms with Gasteiger partial charge in [0, 0.05) is 22.5 Å². The zero-order valence-corrected chi connectivity index (χ0v) is 44.7. The minimum Gasteiger partial charge on any atom is -0.310 e. The zero-order valence-electron chi connectivity index (χ0n) is 44.7. The first-order valence-corrected chi connectivity index (χ1v) is 27.1. The molecule has 0 aliphatic heterocycles. The summed E-state index contributed by atoms with van der Waals surface area (Å²) in [5, 5.41) is 0. The van der Waals surface area contributed by atoms with Gasteiger partial charge in [-0.3, -0.25) is 0 Å². The largest absolute Gasteiger partial charge is 0.310 e. The molecule has 0 N–H and O–H groups in total. The summed E-state index contributed by atoms with van der Waals surface area (Å²) in [5.41, 5.74) is 27.9. The Kier molecular flexibility index (Phi) is 10.8. The molecule has 0 amide bonds. The predicted molar refractivity (Wildman–Crippen MR) is 318 cm³/mol. The fraction of sp³-hybridized carbons (Fsp3) is 0.189. The van der Waals surface area contributed by atoms with Gasteiger partial charge in [-0.2, -0.15) is 0 Å². The highest BCUT2D eigenvalue weighted by Gasteiger charge is 2.52. The fourth-order valence-corrected chi connectivity index (χ4v) is 13.6. The van der Waals surface area contributed by atoms with Crippen LogP contribution in [0, 0.1) is 10.8 Å². The zero-order chi connectivity index (χ0) is 51.4. The van der Waals surface area contributed by atoms with Crippen molar-refractivity contribution < 1.29 is 0 Å². The quantitative estimate of drug-likeness (QED) is 0.147. The lowest BCUT2D eigenvalue weighted by molar-refractivity contribution is 0.229. The molecule has 3 aliphatic rings. The average molecular weight is 968 g/mol. The van der Waals surface area contributed by atoms with Gasteiger partial charge in [0.1, 0.15) is 0 Å². The summed E-state index contributed by atoms with van der Waals surface area (Å²) in [6, 6.07) is 87.5. The first-order chi connectivity index (χ1) is 36.2. The van der Waals surface area contributed by atoms with Crippen molar-refractivity contribution in [1.29, 1.82) is 0 Å². The van der Waals surface area contributed by atoms with Crippen molar-refractivity contribution in [2.75, 3.05) is 4.90 Å². The van der Waals surface area contributed by atoms with E-state index in [1.807, 2.05) is 0 Å². The Morgan fingerprint density at radius 3 is 1.41 bits per heavy atom. The van der Waals surface area contributed by atoms with Crippen LogP contribution in [-0.2, 0) is 10.8 Å². The van der Waals surface area contributed by atoms with Crippen LogP contribution in [0.1, 0.15) is 107 Å². The molecule has 1 nitrogen and oxygen atoms in total. The van der Waals surface area contributed by atoms with Crippen molar-refractivity contribution in [2.45, 2.75) is 78.6 Å². The number of rotatable bonds is 8. The molecule has 2 unspecified atom stereocenters. The summed E-state index contributed by atoms with van der Waals surface area (Å²) in [5.74, 6) is 0.385. The molecule has 75 heavy (non-hydrogen) atoms. The van der Waals surface area contributed by atoms with Crippen molar-refractivity contribution in [3.8, 4) is 66.8 Å². The minimum atomic E-state index is -0.507. The molecule has 0 heterocycles. The van der Waals surface area contributed by atoms with Crippen LogP contribution < -0.4 is 4.90 Å². The van der Waals surface area contributed by atoms with E-state index >= 15 is 0 Å². The van der Waals surface area contributed by atoms with Gasteiger partial charge in [-0.1, -0.05) is 237 Å². The third kappa shape index (κ3) is 7.49. The molecule has 2 atom stereocenters. The second-order valence-electron chi connectivity index (χ2n) is 24.3. The Bertz CT molecular complexity index is 3840. The van der Waals surface area contributed by atoms with E-state index in [1.54, 1.807) is 0 Å². The smallest absolute Gasteiger partial charge is 0.0725 e. The van der Waals surface area contributed by atoms with Gasteiger partial charge in [0.25, 0.3) is 0 Å². The highest BCUT2D eigenvalue weighted by molar-refractivity contribution is 5.97. The van der Waals surface area contributed by atoms with Crippen LogP contribution in [0.25, 0.3) is 66.8 Å². The van der Waals surface area contributed by atoms with E-state index < -0.39 is 5.41 Å². The predicted octanol–water partition coefficient (Wildman–Crippen LogP) is 20.4. The maximum atomic E-state index is 2.57. The van der Waals surface area contributed by atoms with Crippen LogP contribution in [0.4, 0.5) is 17.1 Å². The molecular weight excluding hydrogens is 903 g/mol. The third-order valence-electron chi connectivity index (χ3n) is 17.1. The van der Waals surface area contributed by atoms with Gasteiger partial charge in [0.2, 0.25) is 0 Å². The van der Waals surface area contributed by atoms with Crippen LogP contribution in [0.2, 0.25) is 0 Å². The summed E-state index contributed by atoms with van der Waals surface area (Å²) < 4.78 is 0. The van der Waals surface area contributed by atoms with E-state index in [0.29, 0.717) is 5.92 Å². The topological polar surface area (TPSA) is 3.24 Å². The number of hydrogen-bond acceptors (Lipinski definition) is 1. The van der Waals surface area contributed by atoms with E-state index in [2.05, 4.69) is 291 Å². The minimum absolute atomic E-state index is 0.0866. The van der Waals surface area contributed by atoms with Crippen molar-refractivity contribution in [2.24, 2.45) is 10.8 Å². The van der Waals surface area contributed by atoms with Crippen LogP contribution in [0.15, 0.2) is 231 Å². The summed E-state index contributed by atoms with van der Waals surface area (Å²) >= 11 is 0. The summed E-state index contributed by atoms with van der Waals surface area (Å²) in [7, 11) is 0. The van der Waals surface area contributed by atoms with Gasteiger partial charge >= 0.3 is 0 Å². The fourth-order valence-electron chi connectivity index (χ4n) is 13.6. The summed E-state index contributed by atoms with van der Waals surface area (Å²) in [4.78, 5) is 2.46. The van der Waals surface area contributed by atoms with Crippen LogP contribution in [-0.4, -0.2) is 0 Å². The maximum absolute atomic E-state index is 2.57. The van der Waals surface area contributed by atoms with Gasteiger partial charge in [-0.25, -0.2) is 0 Å². The third-order valence-corrected chi connectivity index (χ3v) is 17.1. The van der Waals surface area contributed by atoms with E-state index in [-0.39, 0.29) is 16.2 Å². The highest BCUT2D eigenvalue weighted by Crippen LogP contribution is 2.64. The summed E-state index contributed by atoms with van der Waals surface area (Å²) in [6.07, 6.45) is 1.11. The monoisotopic (exact) mass is 968 g/mol. The Balaban J connectivity index is 0.972. The van der Waals surface area contributed by atoms with Crippen molar-refractivity contribution in [3.63, 3.8) is 0 Å². The molecule has 0 aromatic heterocycles. The SMILES string of the molecule is CC(C)(C)CC(c1ccccc1-c1ccc2c(c1)C1(c3ccccc3-c3ccc(-c4cccc(N(c5ccc(-c6ccccc6)cc5)c5ccc6c(c5)C(C)(C)c5ccccc5-6)c4)cc31)c1ccccc1-2)C(C)(C)C. The molecule has 0 fully saturated rings. The van der Waals surface area contributed by atoms with Crippen LogP contribution in [0.3, 0.4) is 0 Å². The summed E-state index contributed by atoms with van der Waals surface area (Å²) in [6.45, 7) is 19.2. The van der Waals surface area contributed by atoms with Crippen LogP contribution >= 0.6 is 0 Å². The lowest BCUT2D eigenvalue weighted by Crippen LogP contribution is -2.26. The standard InChI is InChI=1S/C74H65N/c1-71(2,3)47-70(72(4,5)6)57-26-13-12-25-56(57)52-36-41-63-60-29-16-19-32-66(60)74(69(63)45-52)65-31-18-15-28-59(65)62-40-35-51(44-68(62)74)50-23-20-24-54(43-50)75(53-37-33-49(34-38-53)48-21-10-9-11-22-48)55-39-42-61-58-27-14-17-30-64(58)73(7,8)67(61)46-55/h9-46,70H,47H2,1-8H3. The Morgan fingerprint density at radius 1 is 0.333 bits per heavy atom.